The minimum atomic E-state index is 0.207. The molecule has 0 spiro atoms. The van der Waals surface area contributed by atoms with Gasteiger partial charge in [0.15, 0.2) is 0 Å². The zero-order chi connectivity index (χ0) is 22.8. The molecular weight excluding hydrogens is 412 g/mol. The minimum absolute atomic E-state index is 0.207. The van der Waals surface area contributed by atoms with Crippen molar-refractivity contribution < 1.29 is 4.79 Å². The van der Waals surface area contributed by atoms with Gasteiger partial charge in [0, 0.05) is 37.0 Å². The van der Waals surface area contributed by atoms with Crippen LogP contribution in [0.2, 0.25) is 0 Å². The Bertz CT molecular complexity index is 1060. The number of nitrogens with one attached hydrogen (secondary N) is 1. The monoisotopic (exact) mass is 446 g/mol. The third-order valence-corrected chi connectivity index (χ3v) is 7.78. The molecule has 33 heavy (non-hydrogen) atoms. The van der Waals surface area contributed by atoms with Crippen LogP contribution >= 0.6 is 0 Å². The zero-order valence-corrected chi connectivity index (χ0v) is 19.4. The number of hydrogen-bond donors (Lipinski definition) is 2. The molecule has 0 bridgehead atoms. The zero-order valence-electron chi connectivity index (χ0n) is 19.4. The first-order valence-electron chi connectivity index (χ1n) is 12.3. The van der Waals surface area contributed by atoms with E-state index in [9.17, 15) is 4.79 Å². The van der Waals surface area contributed by atoms with Crippen molar-refractivity contribution in [2.45, 2.75) is 38.1 Å². The Hall–Kier alpha value is -2.80. The maximum absolute atomic E-state index is 13.2. The highest BCUT2D eigenvalue weighted by molar-refractivity contribution is 6.09. The summed E-state index contributed by atoms with van der Waals surface area (Å²) in [4.78, 5) is 29.2. The summed E-state index contributed by atoms with van der Waals surface area (Å²) in [5.74, 6) is 2.84. The summed E-state index contributed by atoms with van der Waals surface area (Å²) in [7, 11) is 2.01. The molecule has 174 valence electrons. The Kier molecular flexibility index (Phi) is 6.40. The molecule has 2 aliphatic carbocycles. The number of hydrogen-bond acceptors (Lipinski definition) is 6. The molecule has 3 aliphatic rings. The van der Waals surface area contributed by atoms with Crippen LogP contribution in [0, 0.1) is 23.7 Å². The quantitative estimate of drug-likeness (QED) is 0.638. The molecule has 2 saturated carbocycles. The third-order valence-electron chi connectivity index (χ3n) is 7.78. The van der Waals surface area contributed by atoms with E-state index in [2.05, 4.69) is 20.2 Å². The SMILES string of the molecule is CNCCC1C[C@@H](C(=O)N2CCC(N=CC(=CN)c3cnc4ccccc4n3)CC2)C2CC12. The summed E-state index contributed by atoms with van der Waals surface area (Å²) < 4.78 is 0. The number of nitrogens with zero attached hydrogens (tertiary/aromatic N) is 4. The molecule has 0 radical (unpaired) electrons. The van der Waals surface area contributed by atoms with Crippen molar-refractivity contribution in [3.8, 4) is 0 Å². The molecule has 7 heteroatoms. The summed E-state index contributed by atoms with van der Waals surface area (Å²) in [5, 5.41) is 3.26. The van der Waals surface area contributed by atoms with Crippen molar-refractivity contribution in [3.63, 3.8) is 0 Å². The molecule has 3 fully saturated rings. The number of aromatic nitrogens is 2. The van der Waals surface area contributed by atoms with Crippen LogP contribution in [0.1, 0.15) is 37.8 Å². The maximum Gasteiger partial charge on any atom is 0.225 e. The number of allylic oxidation sites excluding steroid dienone is 1. The van der Waals surface area contributed by atoms with Gasteiger partial charge in [-0.05, 0) is 75.6 Å². The van der Waals surface area contributed by atoms with E-state index in [1.807, 2.05) is 37.5 Å². The van der Waals surface area contributed by atoms with Crippen LogP contribution in [-0.4, -0.2) is 59.7 Å². The number of para-hydroxylation sites is 2. The Morgan fingerprint density at radius 2 is 2.00 bits per heavy atom. The second-order valence-corrected chi connectivity index (χ2v) is 9.76. The van der Waals surface area contributed by atoms with Crippen LogP contribution in [0.25, 0.3) is 16.6 Å². The highest BCUT2D eigenvalue weighted by atomic mass is 16.2. The van der Waals surface area contributed by atoms with Crippen molar-refractivity contribution in [1.29, 1.82) is 0 Å². The summed E-state index contributed by atoms with van der Waals surface area (Å²) in [6, 6.07) is 8.00. The van der Waals surface area contributed by atoms with E-state index in [0.29, 0.717) is 11.8 Å². The van der Waals surface area contributed by atoms with E-state index in [1.165, 1.54) is 19.0 Å². The maximum atomic E-state index is 13.2. The van der Waals surface area contributed by atoms with E-state index in [-0.39, 0.29) is 12.0 Å². The Morgan fingerprint density at radius 3 is 2.76 bits per heavy atom. The molecular formula is C26H34N6O. The van der Waals surface area contributed by atoms with Crippen LogP contribution < -0.4 is 11.1 Å². The first-order chi connectivity index (χ1) is 16.2. The summed E-state index contributed by atoms with van der Waals surface area (Å²) in [6.07, 6.45) is 10.4. The number of fused-ring (bicyclic) bond motifs is 2. The van der Waals surface area contributed by atoms with Crippen LogP contribution in [0.5, 0.6) is 0 Å². The lowest BCUT2D eigenvalue weighted by molar-refractivity contribution is -0.137. The van der Waals surface area contributed by atoms with Crippen molar-refractivity contribution in [1.82, 2.24) is 20.2 Å². The van der Waals surface area contributed by atoms with Crippen LogP contribution in [0.15, 0.2) is 41.7 Å². The number of benzene rings is 1. The number of likely N-dealkylation sites (tertiary alicyclic amines) is 1. The van der Waals surface area contributed by atoms with Gasteiger partial charge in [-0.3, -0.25) is 14.8 Å². The fourth-order valence-corrected chi connectivity index (χ4v) is 5.81. The van der Waals surface area contributed by atoms with E-state index in [0.717, 1.165) is 73.0 Å². The molecule has 1 aromatic heterocycles. The molecule has 3 N–H and O–H groups in total. The molecule has 5 rings (SSSR count). The molecule has 1 amide bonds. The highest BCUT2D eigenvalue weighted by Crippen LogP contribution is 2.60. The fraction of sp³-hybridized carbons (Fsp3) is 0.538. The summed E-state index contributed by atoms with van der Waals surface area (Å²) >= 11 is 0. The number of carbonyl (C=O) groups is 1. The van der Waals surface area contributed by atoms with E-state index >= 15 is 0 Å². The lowest BCUT2D eigenvalue weighted by Crippen LogP contribution is -2.43. The fourth-order valence-electron chi connectivity index (χ4n) is 5.81. The largest absolute Gasteiger partial charge is 0.404 e. The van der Waals surface area contributed by atoms with Gasteiger partial charge < -0.3 is 16.0 Å². The molecule has 2 heterocycles. The number of amides is 1. The van der Waals surface area contributed by atoms with Gasteiger partial charge in [-0.25, -0.2) is 4.98 Å². The van der Waals surface area contributed by atoms with Crippen LogP contribution in [0.4, 0.5) is 0 Å². The number of aliphatic imine (C=N–C) groups is 1. The first-order valence-corrected chi connectivity index (χ1v) is 12.3. The van der Waals surface area contributed by atoms with Crippen LogP contribution in [0.3, 0.4) is 0 Å². The second kappa shape index (κ2) is 9.59. The summed E-state index contributed by atoms with van der Waals surface area (Å²) in [6.45, 7) is 2.66. The van der Waals surface area contributed by atoms with Gasteiger partial charge in [-0.2, -0.15) is 0 Å². The number of rotatable bonds is 7. The molecule has 4 atom stereocenters. The predicted octanol–water partition coefficient (Wildman–Crippen LogP) is 2.87. The second-order valence-electron chi connectivity index (χ2n) is 9.76. The third kappa shape index (κ3) is 4.64. The van der Waals surface area contributed by atoms with Crippen molar-refractivity contribution in [3.05, 3.63) is 42.4 Å². The smallest absolute Gasteiger partial charge is 0.225 e. The minimum Gasteiger partial charge on any atom is -0.404 e. The van der Waals surface area contributed by atoms with Gasteiger partial charge in [-0.15, -0.1) is 0 Å². The van der Waals surface area contributed by atoms with Crippen molar-refractivity contribution in [2.24, 2.45) is 34.4 Å². The van der Waals surface area contributed by atoms with Gasteiger partial charge in [0.2, 0.25) is 5.91 Å². The topological polar surface area (TPSA) is 96.5 Å². The summed E-state index contributed by atoms with van der Waals surface area (Å²) in [5.41, 5.74) is 9.07. The molecule has 1 aromatic carbocycles. The average Bonchev–Trinajstić information content (AvgIpc) is 3.57. The standard InChI is InChI=1S/C26H34N6O/c1-28-9-6-17-12-22(21-13-20(17)21)26(33)32-10-7-19(8-11-32)29-15-18(14-27)25-16-30-23-4-2-3-5-24(23)31-25/h2-5,14-17,19-22,28H,6-13,27H2,1H3/t17?,20?,21?,22-/m1/s1. The Balaban J connectivity index is 1.15. The van der Waals surface area contributed by atoms with Crippen molar-refractivity contribution >= 4 is 28.7 Å². The number of carbonyl (C=O) groups excluding carboxylic acids is 1. The molecule has 2 aromatic rings. The van der Waals surface area contributed by atoms with Crippen LogP contribution in [-0.2, 0) is 4.79 Å². The van der Waals surface area contributed by atoms with E-state index < -0.39 is 0 Å². The van der Waals surface area contributed by atoms with Gasteiger partial charge in [0.05, 0.1) is 29.0 Å². The normalized spacial score (nSPS) is 27.9. The number of nitrogens with two attached hydrogens (primary N) is 1. The number of piperidine rings is 1. The van der Waals surface area contributed by atoms with Crippen molar-refractivity contribution in [2.75, 3.05) is 26.7 Å². The van der Waals surface area contributed by atoms with Gasteiger partial charge in [0.1, 0.15) is 0 Å². The van der Waals surface area contributed by atoms with Gasteiger partial charge in [0.25, 0.3) is 0 Å². The Labute approximate surface area is 195 Å². The molecule has 7 nitrogen and oxygen atoms in total. The van der Waals surface area contributed by atoms with E-state index in [4.69, 9.17) is 10.7 Å². The Morgan fingerprint density at radius 1 is 1.21 bits per heavy atom. The highest BCUT2D eigenvalue weighted by Gasteiger charge is 2.56. The molecule has 1 saturated heterocycles. The predicted molar refractivity (Wildman–Crippen MR) is 132 cm³/mol. The molecule has 1 aliphatic heterocycles. The lowest BCUT2D eigenvalue weighted by Gasteiger charge is -2.32. The van der Waals surface area contributed by atoms with Gasteiger partial charge in [-0.1, -0.05) is 12.1 Å². The lowest BCUT2D eigenvalue weighted by atomic mass is 9.93. The average molecular weight is 447 g/mol. The molecule has 3 unspecified atom stereocenters. The first kappa shape index (κ1) is 22.0. The van der Waals surface area contributed by atoms with E-state index in [1.54, 1.807) is 6.20 Å². The van der Waals surface area contributed by atoms with Gasteiger partial charge >= 0.3 is 0 Å².